The Hall–Kier alpha value is -1.12. The molecule has 0 spiro atoms. The molecule has 3 nitrogen and oxygen atoms in total. The van der Waals surface area contributed by atoms with E-state index in [1.54, 1.807) is 0 Å². The van der Waals surface area contributed by atoms with E-state index in [4.69, 9.17) is 4.98 Å². The summed E-state index contributed by atoms with van der Waals surface area (Å²) in [5, 5.41) is 0. The summed E-state index contributed by atoms with van der Waals surface area (Å²) in [7, 11) is 0. The molecule has 2 bridgehead atoms. The van der Waals surface area contributed by atoms with E-state index in [9.17, 15) is 4.79 Å². The quantitative estimate of drug-likeness (QED) is 0.803. The van der Waals surface area contributed by atoms with Crippen molar-refractivity contribution in [3.05, 3.63) is 27.4 Å². The Bertz CT molecular complexity index is 519. The Morgan fingerprint density at radius 2 is 2.12 bits per heavy atom. The molecule has 1 aromatic heterocycles. The standard InChI is InChI=1S/C14H18N2O/c17-14-10-2-1-3-12(10)15-13(16-14)11-7-8-4-5-9(11)6-8/h8-9,11H,1-7H2,(H,15,16,17). The van der Waals surface area contributed by atoms with Gasteiger partial charge < -0.3 is 4.98 Å². The maximum atomic E-state index is 12.0. The average Bonchev–Trinajstić information content (AvgIpc) is 3.04. The van der Waals surface area contributed by atoms with Gasteiger partial charge in [0.05, 0.1) is 5.69 Å². The van der Waals surface area contributed by atoms with Gasteiger partial charge in [-0.3, -0.25) is 4.79 Å². The zero-order valence-electron chi connectivity index (χ0n) is 10.0. The number of nitrogens with zero attached hydrogens (tertiary/aromatic N) is 1. The van der Waals surface area contributed by atoms with Crippen LogP contribution in [0.25, 0.3) is 0 Å². The van der Waals surface area contributed by atoms with Crippen LogP contribution in [0, 0.1) is 11.8 Å². The van der Waals surface area contributed by atoms with Gasteiger partial charge in [0.15, 0.2) is 0 Å². The van der Waals surface area contributed by atoms with Crippen LogP contribution in [0.5, 0.6) is 0 Å². The average molecular weight is 230 g/mol. The van der Waals surface area contributed by atoms with Crippen molar-refractivity contribution in [3.8, 4) is 0 Å². The summed E-state index contributed by atoms with van der Waals surface area (Å²) in [5.41, 5.74) is 2.19. The van der Waals surface area contributed by atoms with Crippen molar-refractivity contribution in [2.45, 2.75) is 50.9 Å². The monoisotopic (exact) mass is 230 g/mol. The first-order chi connectivity index (χ1) is 8.31. The molecule has 1 aromatic rings. The molecule has 4 rings (SSSR count). The lowest BCUT2D eigenvalue weighted by molar-refractivity contribution is 0.404. The Labute approximate surface area is 101 Å². The third-order valence-electron chi connectivity index (χ3n) is 5.05. The van der Waals surface area contributed by atoms with E-state index < -0.39 is 0 Å². The molecule has 0 aromatic carbocycles. The highest BCUT2D eigenvalue weighted by Gasteiger charge is 2.41. The predicted octanol–water partition coefficient (Wildman–Crippen LogP) is 2.16. The van der Waals surface area contributed by atoms with Crippen molar-refractivity contribution < 1.29 is 0 Å². The van der Waals surface area contributed by atoms with Crippen molar-refractivity contribution in [2.75, 3.05) is 0 Å². The van der Waals surface area contributed by atoms with Crippen molar-refractivity contribution in [3.63, 3.8) is 0 Å². The Morgan fingerprint density at radius 3 is 2.88 bits per heavy atom. The number of aromatic nitrogens is 2. The molecule has 3 heteroatoms. The van der Waals surface area contributed by atoms with Gasteiger partial charge in [-0.1, -0.05) is 6.42 Å². The van der Waals surface area contributed by atoms with Crippen LogP contribution in [0.15, 0.2) is 4.79 Å². The number of hydrogen-bond acceptors (Lipinski definition) is 2. The molecule has 3 aliphatic carbocycles. The maximum absolute atomic E-state index is 12.0. The van der Waals surface area contributed by atoms with Gasteiger partial charge in [-0.15, -0.1) is 0 Å². The van der Waals surface area contributed by atoms with Crippen LogP contribution in [-0.2, 0) is 12.8 Å². The number of nitrogens with one attached hydrogen (secondary N) is 1. The first kappa shape index (κ1) is 9.86. The number of aromatic amines is 1. The summed E-state index contributed by atoms with van der Waals surface area (Å²) in [6.07, 6.45) is 8.40. The number of H-pyrrole nitrogens is 1. The van der Waals surface area contributed by atoms with E-state index in [-0.39, 0.29) is 5.56 Å². The minimum absolute atomic E-state index is 0.144. The molecule has 1 heterocycles. The van der Waals surface area contributed by atoms with E-state index in [1.807, 2.05) is 0 Å². The van der Waals surface area contributed by atoms with Crippen LogP contribution in [-0.4, -0.2) is 9.97 Å². The zero-order chi connectivity index (χ0) is 11.4. The molecule has 2 saturated carbocycles. The second kappa shape index (κ2) is 3.44. The van der Waals surface area contributed by atoms with Crippen molar-refractivity contribution >= 4 is 0 Å². The lowest BCUT2D eigenvalue weighted by atomic mass is 9.88. The summed E-state index contributed by atoms with van der Waals surface area (Å²) < 4.78 is 0. The number of aryl methyl sites for hydroxylation is 1. The lowest BCUT2D eigenvalue weighted by Gasteiger charge is -2.21. The largest absolute Gasteiger partial charge is 0.310 e. The molecule has 2 fully saturated rings. The Kier molecular flexibility index (Phi) is 1.99. The fourth-order valence-electron chi connectivity index (χ4n) is 4.22. The highest BCUT2D eigenvalue weighted by atomic mass is 16.1. The topological polar surface area (TPSA) is 45.8 Å². The van der Waals surface area contributed by atoms with Crippen LogP contribution in [0.3, 0.4) is 0 Å². The smallest absolute Gasteiger partial charge is 0.254 e. The first-order valence-electron chi connectivity index (χ1n) is 6.93. The van der Waals surface area contributed by atoms with Crippen LogP contribution in [0.2, 0.25) is 0 Å². The molecule has 17 heavy (non-hydrogen) atoms. The van der Waals surface area contributed by atoms with Crippen LogP contribution < -0.4 is 5.56 Å². The molecule has 90 valence electrons. The normalized spacial score (nSPS) is 34.2. The van der Waals surface area contributed by atoms with Gasteiger partial charge in [0.25, 0.3) is 5.56 Å². The van der Waals surface area contributed by atoms with Gasteiger partial charge in [-0.2, -0.15) is 0 Å². The third-order valence-corrected chi connectivity index (χ3v) is 5.05. The number of fused-ring (bicyclic) bond motifs is 3. The minimum atomic E-state index is 0.144. The highest BCUT2D eigenvalue weighted by molar-refractivity contribution is 5.24. The summed E-state index contributed by atoms with van der Waals surface area (Å²) in [6, 6.07) is 0. The maximum Gasteiger partial charge on any atom is 0.254 e. The second-order valence-electron chi connectivity index (χ2n) is 6.01. The molecule has 0 amide bonds. The number of rotatable bonds is 1. The van der Waals surface area contributed by atoms with Gasteiger partial charge in [0.1, 0.15) is 5.82 Å². The summed E-state index contributed by atoms with van der Waals surface area (Å²) >= 11 is 0. The van der Waals surface area contributed by atoms with E-state index in [0.717, 1.165) is 48.2 Å². The highest BCUT2D eigenvalue weighted by Crippen LogP contribution is 2.52. The van der Waals surface area contributed by atoms with Gasteiger partial charge in [-0.05, 0) is 50.4 Å². The van der Waals surface area contributed by atoms with Gasteiger partial charge in [0, 0.05) is 11.5 Å². The molecule has 0 radical (unpaired) electrons. The van der Waals surface area contributed by atoms with E-state index in [0.29, 0.717) is 5.92 Å². The fraction of sp³-hybridized carbons (Fsp3) is 0.714. The summed E-state index contributed by atoms with van der Waals surface area (Å²) in [6.45, 7) is 0. The third kappa shape index (κ3) is 1.41. The molecule has 3 aliphatic rings. The van der Waals surface area contributed by atoms with Crippen molar-refractivity contribution in [1.82, 2.24) is 9.97 Å². The van der Waals surface area contributed by atoms with Crippen LogP contribution in [0.4, 0.5) is 0 Å². The van der Waals surface area contributed by atoms with E-state index in [1.165, 1.54) is 25.7 Å². The predicted molar refractivity (Wildman–Crippen MR) is 65.1 cm³/mol. The first-order valence-corrected chi connectivity index (χ1v) is 6.93. The molecular weight excluding hydrogens is 212 g/mol. The summed E-state index contributed by atoms with van der Waals surface area (Å²) in [5.74, 6) is 3.25. The van der Waals surface area contributed by atoms with Crippen LogP contribution in [0.1, 0.15) is 55.1 Å². The zero-order valence-corrected chi connectivity index (χ0v) is 10.0. The van der Waals surface area contributed by atoms with Gasteiger partial charge in [0.2, 0.25) is 0 Å². The van der Waals surface area contributed by atoms with Gasteiger partial charge in [-0.25, -0.2) is 4.98 Å². The summed E-state index contributed by atoms with van der Waals surface area (Å²) in [4.78, 5) is 19.8. The molecule has 0 aliphatic heterocycles. The Balaban J connectivity index is 1.75. The van der Waals surface area contributed by atoms with Gasteiger partial charge >= 0.3 is 0 Å². The van der Waals surface area contributed by atoms with Crippen LogP contribution >= 0.6 is 0 Å². The molecule has 3 unspecified atom stereocenters. The lowest BCUT2D eigenvalue weighted by Crippen LogP contribution is -2.21. The molecular formula is C14H18N2O. The van der Waals surface area contributed by atoms with E-state index in [2.05, 4.69) is 4.98 Å². The second-order valence-corrected chi connectivity index (χ2v) is 6.01. The van der Waals surface area contributed by atoms with Crippen molar-refractivity contribution in [2.24, 2.45) is 11.8 Å². The number of hydrogen-bond donors (Lipinski definition) is 1. The van der Waals surface area contributed by atoms with Crippen molar-refractivity contribution in [1.29, 1.82) is 0 Å². The van der Waals surface area contributed by atoms with E-state index >= 15 is 0 Å². The minimum Gasteiger partial charge on any atom is -0.310 e. The fourth-order valence-corrected chi connectivity index (χ4v) is 4.22. The SMILES string of the molecule is O=c1[nH]c(C2CC3CCC2C3)nc2c1CCC2. The molecule has 0 saturated heterocycles. The Morgan fingerprint density at radius 1 is 1.18 bits per heavy atom. The molecule has 1 N–H and O–H groups in total. The molecule has 3 atom stereocenters.